The lowest BCUT2D eigenvalue weighted by atomic mass is 10.2. The topological polar surface area (TPSA) is 108 Å². The molecule has 1 atom stereocenters. The van der Waals surface area contributed by atoms with Gasteiger partial charge in [0.15, 0.2) is 6.10 Å². The van der Waals surface area contributed by atoms with Crippen LogP contribution in [-0.4, -0.2) is 30.0 Å². The molecule has 0 aliphatic rings. The van der Waals surface area contributed by atoms with Gasteiger partial charge in [0.25, 0.3) is 11.6 Å². The van der Waals surface area contributed by atoms with Crippen LogP contribution in [0.25, 0.3) is 0 Å². The van der Waals surface area contributed by atoms with E-state index in [9.17, 15) is 19.7 Å². The van der Waals surface area contributed by atoms with Crippen molar-refractivity contribution < 1.29 is 24.0 Å². The van der Waals surface area contributed by atoms with E-state index in [0.29, 0.717) is 0 Å². The normalized spacial score (nSPS) is 11.4. The number of nitro benzene ring substituents is 1. The fourth-order valence-corrected chi connectivity index (χ4v) is 2.44. The molecule has 0 spiro atoms. The molecule has 142 valence electrons. The van der Waals surface area contributed by atoms with Crippen LogP contribution >= 0.6 is 23.2 Å². The molecular formula is C17H14Cl2N2O6. The number of nitro groups is 1. The van der Waals surface area contributed by atoms with Crippen molar-refractivity contribution in [2.24, 2.45) is 0 Å². The second-order valence-electron chi connectivity index (χ2n) is 5.30. The minimum absolute atomic E-state index is 0.0109. The fourth-order valence-electron chi connectivity index (χ4n) is 2.07. The van der Waals surface area contributed by atoms with Crippen LogP contribution in [0.3, 0.4) is 0 Å². The van der Waals surface area contributed by atoms with Crippen molar-refractivity contribution in [3.8, 4) is 5.75 Å². The van der Waals surface area contributed by atoms with Crippen LogP contribution in [0.2, 0.25) is 10.0 Å². The molecule has 10 heteroatoms. The van der Waals surface area contributed by atoms with E-state index in [1.807, 2.05) is 0 Å². The number of hydrogen-bond acceptors (Lipinski definition) is 6. The zero-order valence-corrected chi connectivity index (χ0v) is 15.7. The largest absolute Gasteiger partial charge is 0.495 e. The van der Waals surface area contributed by atoms with Gasteiger partial charge in [0, 0.05) is 17.2 Å². The summed E-state index contributed by atoms with van der Waals surface area (Å²) in [6, 6.07) is 7.97. The number of hydrogen-bond donors (Lipinski definition) is 1. The van der Waals surface area contributed by atoms with Crippen molar-refractivity contribution in [2.75, 3.05) is 12.4 Å². The Labute approximate surface area is 164 Å². The Morgan fingerprint density at radius 3 is 2.52 bits per heavy atom. The van der Waals surface area contributed by atoms with Crippen molar-refractivity contribution in [1.82, 2.24) is 0 Å². The summed E-state index contributed by atoms with van der Waals surface area (Å²) < 4.78 is 10.2. The third-order valence-electron chi connectivity index (χ3n) is 3.45. The smallest absolute Gasteiger partial charge is 0.340 e. The molecule has 0 saturated carbocycles. The lowest BCUT2D eigenvalue weighted by molar-refractivity contribution is -0.384. The average Bonchev–Trinajstić information content (AvgIpc) is 2.63. The fraction of sp³-hybridized carbons (Fsp3) is 0.176. The summed E-state index contributed by atoms with van der Waals surface area (Å²) in [5, 5.41) is 13.7. The van der Waals surface area contributed by atoms with Crippen LogP contribution in [0.5, 0.6) is 5.75 Å². The molecule has 2 aromatic carbocycles. The second kappa shape index (κ2) is 8.70. The Hall–Kier alpha value is -2.84. The Bertz CT molecular complexity index is 903. The first-order valence-electron chi connectivity index (χ1n) is 7.52. The molecule has 0 aromatic heterocycles. The summed E-state index contributed by atoms with van der Waals surface area (Å²) in [6.07, 6.45) is -1.21. The van der Waals surface area contributed by atoms with Crippen LogP contribution < -0.4 is 10.1 Å². The first-order valence-corrected chi connectivity index (χ1v) is 8.28. The number of carbonyl (C=O) groups is 2. The summed E-state index contributed by atoms with van der Waals surface area (Å²) in [6.45, 7) is 1.34. The summed E-state index contributed by atoms with van der Waals surface area (Å²) >= 11 is 11.8. The Morgan fingerprint density at radius 2 is 1.89 bits per heavy atom. The van der Waals surface area contributed by atoms with Crippen molar-refractivity contribution in [2.45, 2.75) is 13.0 Å². The molecule has 0 aliphatic carbocycles. The number of non-ortho nitro benzene ring substituents is 1. The molecule has 1 amide bonds. The number of nitrogens with zero attached hydrogens (tertiary/aromatic N) is 1. The van der Waals surface area contributed by atoms with Gasteiger partial charge in [-0.1, -0.05) is 23.2 Å². The number of esters is 1. The zero-order valence-electron chi connectivity index (χ0n) is 14.2. The highest BCUT2D eigenvalue weighted by Crippen LogP contribution is 2.29. The molecule has 0 heterocycles. The number of methoxy groups -OCH3 is 1. The number of ether oxygens (including phenoxy) is 2. The number of nitrogens with one attached hydrogen (secondary N) is 1. The van der Waals surface area contributed by atoms with Gasteiger partial charge in [-0.05, 0) is 31.2 Å². The van der Waals surface area contributed by atoms with Crippen molar-refractivity contribution in [3.63, 3.8) is 0 Å². The van der Waals surface area contributed by atoms with Gasteiger partial charge in [-0.25, -0.2) is 4.79 Å². The highest BCUT2D eigenvalue weighted by molar-refractivity contribution is 6.35. The molecule has 1 unspecified atom stereocenters. The van der Waals surface area contributed by atoms with Crippen LogP contribution in [-0.2, 0) is 9.53 Å². The number of rotatable bonds is 6. The molecule has 0 saturated heterocycles. The summed E-state index contributed by atoms with van der Waals surface area (Å²) in [4.78, 5) is 34.8. The number of halogens is 2. The minimum atomic E-state index is -1.21. The van der Waals surface area contributed by atoms with Crippen LogP contribution in [0.4, 0.5) is 11.4 Å². The van der Waals surface area contributed by atoms with Crippen LogP contribution in [0.1, 0.15) is 17.3 Å². The molecule has 1 N–H and O–H groups in total. The van der Waals surface area contributed by atoms with Gasteiger partial charge >= 0.3 is 5.97 Å². The number of carbonyl (C=O) groups excluding carboxylic acids is 2. The van der Waals surface area contributed by atoms with E-state index in [2.05, 4.69) is 5.32 Å². The quantitative estimate of drug-likeness (QED) is 0.434. The highest BCUT2D eigenvalue weighted by atomic mass is 35.5. The summed E-state index contributed by atoms with van der Waals surface area (Å²) in [7, 11) is 1.35. The molecule has 2 aromatic rings. The first-order chi connectivity index (χ1) is 12.7. The lowest BCUT2D eigenvalue weighted by Crippen LogP contribution is -2.30. The van der Waals surface area contributed by atoms with E-state index in [1.54, 1.807) is 0 Å². The molecule has 0 bridgehead atoms. The molecule has 0 fully saturated rings. The monoisotopic (exact) mass is 412 g/mol. The first kappa shape index (κ1) is 20.5. The second-order valence-corrected chi connectivity index (χ2v) is 6.15. The Balaban J connectivity index is 2.14. The maximum absolute atomic E-state index is 12.3. The average molecular weight is 413 g/mol. The third kappa shape index (κ3) is 5.08. The van der Waals surface area contributed by atoms with Crippen molar-refractivity contribution in [1.29, 1.82) is 0 Å². The van der Waals surface area contributed by atoms with Gasteiger partial charge in [-0.15, -0.1) is 0 Å². The van der Waals surface area contributed by atoms with Crippen LogP contribution in [0, 0.1) is 10.1 Å². The van der Waals surface area contributed by atoms with E-state index in [0.717, 1.165) is 6.07 Å². The molecule has 8 nitrogen and oxygen atoms in total. The van der Waals surface area contributed by atoms with Crippen molar-refractivity contribution >= 4 is 46.5 Å². The van der Waals surface area contributed by atoms with E-state index < -0.39 is 22.9 Å². The maximum Gasteiger partial charge on any atom is 0.340 e. The molecule has 27 heavy (non-hydrogen) atoms. The zero-order chi connectivity index (χ0) is 20.1. The summed E-state index contributed by atoms with van der Waals surface area (Å²) in [5.41, 5.74) is -0.154. The Kier molecular flexibility index (Phi) is 6.59. The molecule has 0 radical (unpaired) electrons. The standard InChI is InChI=1S/C17H14Cl2N2O6/c1-9(27-17(23)12-7-10(18)3-5-13(12)19)16(22)20-14-8-11(21(24)25)4-6-15(14)26-2/h3-9H,1-2H3,(H,20,22). The van der Waals surface area contributed by atoms with E-state index in [-0.39, 0.29) is 32.7 Å². The highest BCUT2D eigenvalue weighted by Gasteiger charge is 2.22. The van der Waals surface area contributed by atoms with E-state index in [4.69, 9.17) is 32.7 Å². The van der Waals surface area contributed by atoms with Gasteiger partial charge in [-0.3, -0.25) is 14.9 Å². The number of amides is 1. The minimum Gasteiger partial charge on any atom is -0.495 e. The molecular weight excluding hydrogens is 399 g/mol. The van der Waals surface area contributed by atoms with Crippen molar-refractivity contribution in [3.05, 3.63) is 62.1 Å². The SMILES string of the molecule is COc1ccc([N+](=O)[O-])cc1NC(=O)C(C)OC(=O)c1cc(Cl)ccc1Cl. The predicted molar refractivity (Wildman–Crippen MR) is 99.6 cm³/mol. The van der Waals surface area contributed by atoms with Gasteiger partial charge in [0.05, 0.1) is 28.3 Å². The maximum atomic E-state index is 12.3. The van der Waals surface area contributed by atoms with Gasteiger partial charge in [0.1, 0.15) is 5.75 Å². The van der Waals surface area contributed by atoms with E-state index in [1.165, 1.54) is 44.4 Å². The molecule has 0 aliphatic heterocycles. The summed E-state index contributed by atoms with van der Waals surface area (Å²) in [5.74, 6) is -1.33. The van der Waals surface area contributed by atoms with Gasteiger partial charge in [-0.2, -0.15) is 0 Å². The lowest BCUT2D eigenvalue weighted by Gasteiger charge is -2.15. The predicted octanol–water partition coefficient (Wildman–Crippen LogP) is 4.09. The third-order valence-corrected chi connectivity index (χ3v) is 4.02. The van der Waals surface area contributed by atoms with Crippen LogP contribution in [0.15, 0.2) is 36.4 Å². The number of anilines is 1. The van der Waals surface area contributed by atoms with E-state index >= 15 is 0 Å². The number of benzene rings is 2. The Morgan fingerprint density at radius 1 is 1.19 bits per heavy atom. The molecule has 2 rings (SSSR count). The van der Waals surface area contributed by atoms with Gasteiger partial charge in [0.2, 0.25) is 0 Å². The van der Waals surface area contributed by atoms with Gasteiger partial charge < -0.3 is 14.8 Å².